The van der Waals surface area contributed by atoms with Crippen molar-refractivity contribution in [1.29, 1.82) is 0 Å². The Labute approximate surface area is 161 Å². The third-order valence-corrected chi connectivity index (χ3v) is 6.32. The van der Waals surface area contributed by atoms with E-state index in [1.807, 2.05) is 32.0 Å². The largest absolute Gasteiger partial charge is 0.345 e. The fourth-order valence-electron chi connectivity index (χ4n) is 3.32. The van der Waals surface area contributed by atoms with Crippen LogP contribution in [0.2, 0.25) is 0 Å². The van der Waals surface area contributed by atoms with Crippen molar-refractivity contribution in [2.75, 3.05) is 6.54 Å². The van der Waals surface area contributed by atoms with E-state index in [-0.39, 0.29) is 16.8 Å². The average Bonchev–Trinajstić information content (AvgIpc) is 3.04. The monoisotopic (exact) mass is 386 g/mol. The number of hydrogen-bond acceptors (Lipinski definition) is 3. The molecule has 1 amide bonds. The second kappa shape index (κ2) is 8.23. The van der Waals surface area contributed by atoms with E-state index in [1.165, 1.54) is 17.7 Å². The Kier molecular flexibility index (Phi) is 5.97. The number of fused-ring (bicyclic) bond motifs is 1. The predicted octanol–water partition coefficient (Wildman–Crippen LogP) is 3.43. The van der Waals surface area contributed by atoms with Crippen LogP contribution in [0.1, 0.15) is 54.2 Å². The highest BCUT2D eigenvalue weighted by Gasteiger charge is 2.24. The Morgan fingerprint density at radius 3 is 2.70 bits per heavy atom. The quantitative estimate of drug-likeness (QED) is 0.765. The lowest BCUT2D eigenvalue weighted by atomic mass is 10.1. The molecule has 2 N–H and O–H groups in total. The molecule has 0 saturated heterocycles. The van der Waals surface area contributed by atoms with E-state index in [4.69, 9.17) is 0 Å². The lowest BCUT2D eigenvalue weighted by Crippen LogP contribution is -2.28. The van der Waals surface area contributed by atoms with Gasteiger partial charge in [0.05, 0.1) is 10.9 Å². The summed E-state index contributed by atoms with van der Waals surface area (Å²) in [6.45, 7) is 4.47. The zero-order valence-corrected chi connectivity index (χ0v) is 16.6. The van der Waals surface area contributed by atoms with E-state index >= 15 is 0 Å². The fraction of sp³-hybridized carbons (Fsp3) is 0.381. The number of hydrogen-bond donors (Lipinski definition) is 2. The van der Waals surface area contributed by atoms with Gasteiger partial charge in [-0.05, 0) is 54.5 Å². The van der Waals surface area contributed by atoms with E-state index in [0.29, 0.717) is 18.0 Å². The van der Waals surface area contributed by atoms with Crippen LogP contribution >= 0.6 is 0 Å². The molecule has 6 heteroatoms. The minimum atomic E-state index is -3.62. The first-order chi connectivity index (χ1) is 12.9. The highest BCUT2D eigenvalue weighted by molar-refractivity contribution is 7.89. The summed E-state index contributed by atoms with van der Waals surface area (Å²) in [5, 5.41) is 3.03. The first-order valence-corrected chi connectivity index (χ1v) is 10.8. The van der Waals surface area contributed by atoms with Gasteiger partial charge in [-0.2, -0.15) is 0 Å². The Hall–Kier alpha value is -2.18. The number of carbonyl (C=O) groups excluding carboxylic acids is 1. The average molecular weight is 387 g/mol. The molecule has 0 spiro atoms. The standard InChI is InChI=1S/C21H26N2O3S/c1-15(2)12-13-22-27(25,26)18-8-5-7-17(14-18)21(24)23-20-11-10-16-6-3-4-9-19(16)20/h3-9,14-15,20,22H,10-13H2,1-2H3,(H,23,24). The zero-order chi connectivity index (χ0) is 19.4. The normalized spacial score (nSPS) is 16.3. The molecule has 0 aromatic heterocycles. The van der Waals surface area contributed by atoms with Crippen LogP contribution in [0.5, 0.6) is 0 Å². The molecule has 5 nitrogen and oxygen atoms in total. The Bertz CT molecular complexity index is 923. The molecule has 1 aliphatic carbocycles. The van der Waals surface area contributed by atoms with Crippen LogP contribution in [-0.2, 0) is 16.4 Å². The van der Waals surface area contributed by atoms with Crippen molar-refractivity contribution in [3.05, 3.63) is 65.2 Å². The van der Waals surface area contributed by atoms with Gasteiger partial charge in [0.15, 0.2) is 0 Å². The number of amides is 1. The van der Waals surface area contributed by atoms with E-state index in [1.54, 1.807) is 12.1 Å². The van der Waals surface area contributed by atoms with Crippen molar-refractivity contribution in [1.82, 2.24) is 10.0 Å². The maximum atomic E-state index is 12.7. The maximum Gasteiger partial charge on any atom is 0.251 e. The Morgan fingerprint density at radius 2 is 1.93 bits per heavy atom. The second-order valence-corrected chi connectivity index (χ2v) is 9.14. The molecule has 0 saturated carbocycles. The number of benzene rings is 2. The van der Waals surface area contributed by atoms with E-state index in [2.05, 4.69) is 16.1 Å². The lowest BCUT2D eigenvalue weighted by molar-refractivity contribution is 0.0936. The van der Waals surface area contributed by atoms with Crippen molar-refractivity contribution < 1.29 is 13.2 Å². The molecular weight excluding hydrogens is 360 g/mol. The molecule has 1 aliphatic rings. The van der Waals surface area contributed by atoms with Gasteiger partial charge in [-0.15, -0.1) is 0 Å². The molecular formula is C21H26N2O3S. The Balaban J connectivity index is 1.71. The van der Waals surface area contributed by atoms with Gasteiger partial charge in [0.25, 0.3) is 5.91 Å². The van der Waals surface area contributed by atoms with Gasteiger partial charge in [0.1, 0.15) is 0 Å². The molecule has 2 aromatic rings. The SMILES string of the molecule is CC(C)CCNS(=O)(=O)c1cccc(C(=O)NC2CCc3ccccc32)c1. The van der Waals surface area contributed by atoms with Crippen molar-refractivity contribution >= 4 is 15.9 Å². The molecule has 0 radical (unpaired) electrons. The number of nitrogens with one attached hydrogen (secondary N) is 2. The smallest absolute Gasteiger partial charge is 0.251 e. The maximum absolute atomic E-state index is 12.7. The highest BCUT2D eigenvalue weighted by atomic mass is 32.2. The van der Waals surface area contributed by atoms with Crippen LogP contribution in [0.3, 0.4) is 0 Å². The lowest BCUT2D eigenvalue weighted by Gasteiger charge is -2.15. The van der Waals surface area contributed by atoms with Gasteiger partial charge in [0.2, 0.25) is 10.0 Å². The summed E-state index contributed by atoms with van der Waals surface area (Å²) in [6, 6.07) is 14.3. The number of rotatable bonds is 7. The first-order valence-electron chi connectivity index (χ1n) is 9.35. The molecule has 1 unspecified atom stereocenters. The van der Waals surface area contributed by atoms with Gasteiger partial charge >= 0.3 is 0 Å². The van der Waals surface area contributed by atoms with Crippen molar-refractivity contribution in [3.63, 3.8) is 0 Å². The van der Waals surface area contributed by atoms with Gasteiger partial charge in [-0.25, -0.2) is 13.1 Å². The van der Waals surface area contributed by atoms with Crippen LogP contribution in [0.15, 0.2) is 53.4 Å². The number of sulfonamides is 1. The number of carbonyl (C=O) groups is 1. The topological polar surface area (TPSA) is 75.3 Å². The van der Waals surface area contributed by atoms with Crippen LogP contribution < -0.4 is 10.0 Å². The predicted molar refractivity (Wildman–Crippen MR) is 106 cm³/mol. The molecule has 1 atom stereocenters. The zero-order valence-electron chi connectivity index (χ0n) is 15.7. The molecule has 0 fully saturated rings. The van der Waals surface area contributed by atoms with Crippen molar-refractivity contribution in [2.45, 2.75) is 44.0 Å². The van der Waals surface area contributed by atoms with Gasteiger partial charge in [0, 0.05) is 12.1 Å². The van der Waals surface area contributed by atoms with E-state index in [9.17, 15) is 13.2 Å². The summed E-state index contributed by atoms with van der Waals surface area (Å²) in [6.07, 6.45) is 2.57. The molecule has 0 aliphatic heterocycles. The molecule has 0 heterocycles. The van der Waals surface area contributed by atoms with Gasteiger partial charge in [-0.1, -0.05) is 44.2 Å². The molecule has 0 bridgehead atoms. The first kappa shape index (κ1) is 19.6. The second-order valence-electron chi connectivity index (χ2n) is 7.37. The third kappa shape index (κ3) is 4.76. The fourth-order valence-corrected chi connectivity index (χ4v) is 4.41. The minimum Gasteiger partial charge on any atom is -0.345 e. The summed E-state index contributed by atoms with van der Waals surface area (Å²) >= 11 is 0. The summed E-state index contributed by atoms with van der Waals surface area (Å²) in [4.78, 5) is 12.8. The van der Waals surface area contributed by atoms with Crippen LogP contribution in [0.25, 0.3) is 0 Å². The summed E-state index contributed by atoms with van der Waals surface area (Å²) in [5.74, 6) is 0.162. The number of aryl methyl sites for hydroxylation is 1. The van der Waals surface area contributed by atoms with Crippen LogP contribution in [0.4, 0.5) is 0 Å². The van der Waals surface area contributed by atoms with Crippen LogP contribution in [0, 0.1) is 5.92 Å². The van der Waals surface area contributed by atoms with E-state index in [0.717, 1.165) is 24.8 Å². The minimum absolute atomic E-state index is 0.0295. The molecule has 27 heavy (non-hydrogen) atoms. The highest BCUT2D eigenvalue weighted by Crippen LogP contribution is 2.31. The van der Waals surface area contributed by atoms with Gasteiger partial charge < -0.3 is 5.32 Å². The summed E-state index contributed by atoms with van der Waals surface area (Å²) in [5.41, 5.74) is 2.75. The third-order valence-electron chi connectivity index (χ3n) is 4.86. The Morgan fingerprint density at radius 1 is 1.15 bits per heavy atom. The summed E-state index contributed by atoms with van der Waals surface area (Å²) < 4.78 is 27.5. The molecule has 2 aromatic carbocycles. The summed E-state index contributed by atoms with van der Waals surface area (Å²) in [7, 11) is -3.62. The van der Waals surface area contributed by atoms with Crippen molar-refractivity contribution in [2.24, 2.45) is 5.92 Å². The van der Waals surface area contributed by atoms with E-state index < -0.39 is 10.0 Å². The molecule has 3 rings (SSSR count). The van der Waals surface area contributed by atoms with Crippen LogP contribution in [-0.4, -0.2) is 20.9 Å². The van der Waals surface area contributed by atoms with Gasteiger partial charge in [-0.3, -0.25) is 4.79 Å². The van der Waals surface area contributed by atoms with Crippen molar-refractivity contribution in [3.8, 4) is 0 Å². The molecule has 144 valence electrons.